The molecule has 3 heterocycles. The fourth-order valence-electron chi connectivity index (χ4n) is 6.28. The molecule has 1 aromatic heterocycles. The van der Waals surface area contributed by atoms with Gasteiger partial charge in [0.2, 0.25) is 5.91 Å². The molecule has 2 aliphatic heterocycles. The fraction of sp³-hybridized carbons (Fsp3) is 0.594. The van der Waals surface area contributed by atoms with Gasteiger partial charge in [0.1, 0.15) is 6.04 Å². The summed E-state index contributed by atoms with van der Waals surface area (Å²) in [4.78, 5) is 43.0. The second-order valence-corrected chi connectivity index (χ2v) is 12.7. The number of rotatable bonds is 8. The Labute approximate surface area is 236 Å². The van der Waals surface area contributed by atoms with Crippen molar-refractivity contribution < 1.29 is 28.3 Å². The summed E-state index contributed by atoms with van der Waals surface area (Å²) in [7, 11) is 0. The second kappa shape index (κ2) is 11.9. The lowest BCUT2D eigenvalue weighted by Gasteiger charge is -2.34. The number of Topliss-reactive ketones (excluding diaryl/α,β-unsaturated/α-hetero) is 1. The molecule has 0 bridgehead atoms. The summed E-state index contributed by atoms with van der Waals surface area (Å²) in [6.07, 6.45) is 7.55. The van der Waals surface area contributed by atoms with E-state index in [2.05, 4.69) is 26.1 Å². The Kier molecular flexibility index (Phi) is 8.47. The van der Waals surface area contributed by atoms with Crippen molar-refractivity contribution >= 4 is 23.3 Å². The summed E-state index contributed by atoms with van der Waals surface area (Å²) in [6, 6.07) is 8.35. The highest BCUT2D eigenvalue weighted by Gasteiger charge is 2.46. The minimum Gasteiger partial charge on any atom is -0.460 e. The van der Waals surface area contributed by atoms with Crippen LogP contribution in [0.5, 0.6) is 0 Å². The highest BCUT2D eigenvalue weighted by molar-refractivity contribution is 6.47. The number of ether oxygens (including phenoxy) is 2. The zero-order valence-corrected chi connectivity index (χ0v) is 24.1. The van der Waals surface area contributed by atoms with Crippen LogP contribution in [0.3, 0.4) is 0 Å². The van der Waals surface area contributed by atoms with E-state index < -0.39 is 17.7 Å². The summed E-state index contributed by atoms with van der Waals surface area (Å²) in [6.45, 7) is 9.24. The lowest BCUT2D eigenvalue weighted by molar-refractivity contribution is -0.126. The van der Waals surface area contributed by atoms with E-state index in [-0.39, 0.29) is 41.3 Å². The maximum Gasteiger partial charge on any atom is 0.303 e. The Balaban J connectivity index is 1.52. The highest BCUT2D eigenvalue weighted by Crippen LogP contribution is 2.39. The van der Waals surface area contributed by atoms with Crippen molar-refractivity contribution in [3.63, 3.8) is 0 Å². The van der Waals surface area contributed by atoms with Crippen molar-refractivity contribution in [2.24, 2.45) is 11.8 Å². The van der Waals surface area contributed by atoms with E-state index in [9.17, 15) is 14.4 Å². The van der Waals surface area contributed by atoms with Crippen LogP contribution in [-0.4, -0.2) is 49.2 Å². The van der Waals surface area contributed by atoms with E-state index >= 15 is 0 Å². The number of carbonyl (C=O) groups excluding carboxylic acids is 3. The van der Waals surface area contributed by atoms with Gasteiger partial charge >= 0.3 is 5.91 Å². The van der Waals surface area contributed by atoms with E-state index in [1.165, 1.54) is 17.6 Å². The quantitative estimate of drug-likeness (QED) is 0.353. The van der Waals surface area contributed by atoms with Crippen LogP contribution in [-0.2, 0) is 24.5 Å². The first-order valence-electron chi connectivity index (χ1n) is 14.7. The van der Waals surface area contributed by atoms with Gasteiger partial charge in [-0.25, -0.2) is 0 Å². The van der Waals surface area contributed by atoms with Crippen LogP contribution in [0, 0.1) is 18.8 Å². The molecule has 2 saturated heterocycles. The standard InChI is InChI=1S/C32H42N2O6/c1-20-16-27(39-18-20)28(35)30(37)34(24-12-10-22(11-13-24)32(2,3)4)26(29(36)33-23-8-6-5-7-9-23)17-21-19-40-31-25(21)14-15-38-31/h10-13,16,18,21,23,25-26,31H,5-9,14-15,17,19H2,1-4H3,(H,33,36). The van der Waals surface area contributed by atoms with Gasteiger partial charge in [-0.1, -0.05) is 52.2 Å². The number of hydrogen-bond acceptors (Lipinski definition) is 6. The zero-order chi connectivity index (χ0) is 28.4. The minimum atomic E-state index is -0.886. The predicted molar refractivity (Wildman–Crippen MR) is 151 cm³/mol. The van der Waals surface area contributed by atoms with Crippen molar-refractivity contribution in [1.29, 1.82) is 0 Å². The van der Waals surface area contributed by atoms with Crippen LogP contribution in [0.15, 0.2) is 41.0 Å². The van der Waals surface area contributed by atoms with Gasteiger partial charge in [0.05, 0.1) is 19.5 Å². The average molecular weight is 551 g/mol. The van der Waals surface area contributed by atoms with Gasteiger partial charge in [-0.15, -0.1) is 0 Å². The third-order valence-corrected chi connectivity index (χ3v) is 8.63. The van der Waals surface area contributed by atoms with Crippen LogP contribution < -0.4 is 10.2 Å². The average Bonchev–Trinajstić information content (AvgIpc) is 3.67. The van der Waals surface area contributed by atoms with Crippen LogP contribution in [0.1, 0.15) is 87.4 Å². The Morgan fingerprint density at radius 2 is 1.75 bits per heavy atom. The minimum absolute atomic E-state index is 0.0275. The summed E-state index contributed by atoms with van der Waals surface area (Å²) in [5.74, 6) is -1.62. The van der Waals surface area contributed by atoms with Crippen molar-refractivity contribution in [2.75, 3.05) is 18.1 Å². The monoisotopic (exact) mass is 550 g/mol. The maximum atomic E-state index is 14.1. The summed E-state index contributed by atoms with van der Waals surface area (Å²) < 4.78 is 17.1. The molecule has 8 heteroatoms. The summed E-state index contributed by atoms with van der Waals surface area (Å²) >= 11 is 0. The molecule has 3 fully saturated rings. The first kappa shape index (κ1) is 28.6. The number of amides is 2. The van der Waals surface area contributed by atoms with Crippen LogP contribution in [0.25, 0.3) is 0 Å². The van der Waals surface area contributed by atoms with E-state index in [1.807, 2.05) is 24.3 Å². The van der Waals surface area contributed by atoms with Crippen molar-refractivity contribution in [1.82, 2.24) is 5.32 Å². The number of fused-ring (bicyclic) bond motifs is 1. The molecule has 1 aliphatic carbocycles. The highest BCUT2D eigenvalue weighted by atomic mass is 16.7. The van der Waals surface area contributed by atoms with Crippen LogP contribution in [0.2, 0.25) is 0 Å². The fourth-order valence-corrected chi connectivity index (χ4v) is 6.28. The number of ketones is 1. The van der Waals surface area contributed by atoms with Crippen molar-refractivity contribution in [3.05, 3.63) is 53.5 Å². The first-order chi connectivity index (χ1) is 19.1. The number of carbonyl (C=O) groups is 3. The smallest absolute Gasteiger partial charge is 0.303 e. The maximum absolute atomic E-state index is 14.1. The number of nitrogens with zero attached hydrogens (tertiary/aromatic N) is 1. The van der Waals surface area contributed by atoms with Gasteiger partial charge in [-0.3, -0.25) is 19.3 Å². The van der Waals surface area contributed by atoms with Crippen molar-refractivity contribution in [3.8, 4) is 0 Å². The Morgan fingerprint density at radius 3 is 2.40 bits per heavy atom. The molecule has 2 amide bonds. The molecule has 1 N–H and O–H groups in total. The topological polar surface area (TPSA) is 98.1 Å². The largest absolute Gasteiger partial charge is 0.460 e. The Hall–Kier alpha value is -2.97. The molecule has 4 unspecified atom stereocenters. The number of anilines is 1. The Bertz CT molecular complexity index is 1210. The van der Waals surface area contributed by atoms with Gasteiger partial charge in [0.15, 0.2) is 12.1 Å². The van der Waals surface area contributed by atoms with Gasteiger partial charge in [0.25, 0.3) is 5.78 Å². The number of hydrogen-bond donors (Lipinski definition) is 1. The van der Waals surface area contributed by atoms with Gasteiger partial charge < -0.3 is 19.2 Å². The number of benzene rings is 1. The molecular weight excluding hydrogens is 508 g/mol. The van der Waals surface area contributed by atoms with E-state index in [1.54, 1.807) is 13.0 Å². The van der Waals surface area contributed by atoms with Gasteiger partial charge in [-0.2, -0.15) is 0 Å². The molecule has 216 valence electrons. The lowest BCUT2D eigenvalue weighted by atomic mass is 9.85. The van der Waals surface area contributed by atoms with Gasteiger partial charge in [-0.05, 0) is 73.3 Å². The summed E-state index contributed by atoms with van der Waals surface area (Å²) in [5, 5.41) is 3.24. The van der Waals surface area contributed by atoms with E-state index in [0.29, 0.717) is 25.3 Å². The second-order valence-electron chi connectivity index (χ2n) is 12.7. The van der Waals surface area contributed by atoms with Gasteiger partial charge in [0, 0.05) is 17.6 Å². The molecule has 3 aliphatic rings. The molecule has 4 atom stereocenters. The van der Waals surface area contributed by atoms with Crippen LogP contribution in [0.4, 0.5) is 5.69 Å². The number of furan rings is 1. The number of nitrogens with one attached hydrogen (secondary N) is 1. The molecule has 0 spiro atoms. The normalized spacial score (nSPS) is 23.9. The molecule has 1 aromatic carbocycles. The summed E-state index contributed by atoms with van der Waals surface area (Å²) in [5.41, 5.74) is 2.26. The molecule has 40 heavy (non-hydrogen) atoms. The third kappa shape index (κ3) is 6.18. The Morgan fingerprint density at radius 1 is 1.02 bits per heavy atom. The third-order valence-electron chi connectivity index (χ3n) is 8.63. The van der Waals surface area contributed by atoms with Crippen LogP contribution >= 0.6 is 0 Å². The lowest BCUT2D eigenvalue weighted by Crippen LogP contribution is -2.55. The predicted octanol–water partition coefficient (Wildman–Crippen LogP) is 5.32. The molecule has 0 radical (unpaired) electrons. The molecule has 2 aromatic rings. The van der Waals surface area contributed by atoms with Crippen molar-refractivity contribution in [2.45, 2.75) is 96.4 Å². The number of aryl methyl sites for hydroxylation is 1. The van der Waals surface area contributed by atoms with E-state index in [4.69, 9.17) is 13.9 Å². The SMILES string of the molecule is Cc1coc(C(=O)C(=O)N(c2ccc(C(C)(C)C)cc2)C(CC2COC3OCCC23)C(=O)NC2CCCCC2)c1. The first-order valence-corrected chi connectivity index (χ1v) is 14.7. The van der Waals surface area contributed by atoms with E-state index in [0.717, 1.165) is 43.2 Å². The molecule has 5 rings (SSSR count). The molecule has 8 nitrogen and oxygen atoms in total. The zero-order valence-electron chi connectivity index (χ0n) is 24.1. The molecular formula is C32H42N2O6. The molecule has 1 saturated carbocycles.